The Hall–Kier alpha value is -2.08. The molecule has 8 nitrogen and oxygen atoms in total. The molecule has 2 rings (SSSR count). The van der Waals surface area contributed by atoms with E-state index in [1.165, 1.54) is 6.08 Å². The number of esters is 1. The first-order chi connectivity index (χ1) is 12.3. The normalized spacial score (nSPS) is 15.5. The van der Waals surface area contributed by atoms with E-state index in [1.54, 1.807) is 25.1 Å². The molecule has 0 atom stereocenters. The number of aliphatic carboxylic acids is 1. The second-order valence-corrected chi connectivity index (χ2v) is 7.10. The van der Waals surface area contributed by atoms with Gasteiger partial charge in [-0.3, -0.25) is 19.3 Å². The minimum Gasteiger partial charge on any atom is -0.481 e. The summed E-state index contributed by atoms with van der Waals surface area (Å²) >= 11 is 2.72. The molecule has 1 aromatic carbocycles. The molecule has 0 saturated carbocycles. The largest absolute Gasteiger partial charge is 0.481 e. The predicted octanol–water partition coefficient (Wildman–Crippen LogP) is 2.35. The summed E-state index contributed by atoms with van der Waals surface area (Å²) in [5.41, 5.74) is 0.638. The predicted molar refractivity (Wildman–Crippen MR) is 102 cm³/mol. The monoisotopic (exact) mass is 491 g/mol. The van der Waals surface area contributed by atoms with Crippen LogP contribution in [0.5, 0.6) is 5.75 Å². The molecule has 0 aromatic heterocycles. The first kappa shape index (κ1) is 20.2. The van der Waals surface area contributed by atoms with Crippen LogP contribution < -0.4 is 4.74 Å². The Balaban J connectivity index is 2.13. The van der Waals surface area contributed by atoms with Crippen LogP contribution >= 0.6 is 34.4 Å². The lowest BCUT2D eigenvalue weighted by molar-refractivity contribution is -0.146. The van der Waals surface area contributed by atoms with Gasteiger partial charge < -0.3 is 14.6 Å². The third kappa shape index (κ3) is 5.21. The summed E-state index contributed by atoms with van der Waals surface area (Å²) in [5.74, 6) is -1.89. The van der Waals surface area contributed by atoms with E-state index in [-0.39, 0.29) is 11.5 Å². The van der Waals surface area contributed by atoms with Crippen molar-refractivity contribution in [3.8, 4) is 5.75 Å². The molecule has 0 aliphatic carbocycles. The Morgan fingerprint density at radius 2 is 2.08 bits per heavy atom. The molecule has 0 radical (unpaired) electrons. The Morgan fingerprint density at radius 3 is 2.69 bits per heavy atom. The van der Waals surface area contributed by atoms with Crippen molar-refractivity contribution in [2.75, 3.05) is 19.8 Å². The van der Waals surface area contributed by atoms with Crippen molar-refractivity contribution in [1.82, 2.24) is 4.90 Å². The topological polar surface area (TPSA) is 110 Å². The van der Waals surface area contributed by atoms with Crippen LogP contribution in [0.15, 0.2) is 23.1 Å². The van der Waals surface area contributed by atoms with E-state index in [1.807, 2.05) is 22.6 Å². The van der Waals surface area contributed by atoms with Crippen LogP contribution in [0.3, 0.4) is 0 Å². The molecule has 1 N–H and O–H groups in total. The van der Waals surface area contributed by atoms with E-state index >= 15 is 0 Å². The number of carboxylic acid groups (broad SMARTS) is 1. The number of nitrogens with zero attached hydrogens (tertiary/aromatic N) is 1. The molecule has 1 aliphatic rings. The first-order valence-corrected chi connectivity index (χ1v) is 9.26. The molecule has 2 amide bonds. The van der Waals surface area contributed by atoms with Crippen molar-refractivity contribution < 1.29 is 33.8 Å². The maximum absolute atomic E-state index is 12.3. The van der Waals surface area contributed by atoms with Crippen LogP contribution in [0.4, 0.5) is 4.79 Å². The second-order valence-electron chi connectivity index (χ2n) is 4.95. The molecule has 10 heteroatoms. The zero-order valence-corrected chi connectivity index (χ0v) is 16.5. The van der Waals surface area contributed by atoms with Gasteiger partial charge in [0, 0.05) is 0 Å². The average Bonchev–Trinajstić information content (AvgIpc) is 2.82. The molecule has 1 aliphatic heterocycles. The minimum absolute atomic E-state index is 0.166. The summed E-state index contributed by atoms with van der Waals surface area (Å²) in [6.45, 7) is 0.925. The van der Waals surface area contributed by atoms with E-state index in [2.05, 4.69) is 0 Å². The van der Waals surface area contributed by atoms with Crippen molar-refractivity contribution in [3.05, 3.63) is 32.2 Å². The van der Waals surface area contributed by atoms with Crippen LogP contribution in [-0.2, 0) is 19.1 Å². The summed E-state index contributed by atoms with van der Waals surface area (Å²) in [6, 6.07) is 4.91. The van der Waals surface area contributed by atoms with Crippen LogP contribution in [0.1, 0.15) is 12.5 Å². The Kier molecular flexibility index (Phi) is 7.03. The molecular weight excluding hydrogens is 477 g/mol. The molecule has 1 heterocycles. The highest BCUT2D eigenvalue weighted by atomic mass is 127. The molecule has 1 aromatic rings. The number of hydrogen-bond acceptors (Lipinski definition) is 7. The molecule has 26 heavy (non-hydrogen) atoms. The highest BCUT2D eigenvalue weighted by Gasteiger charge is 2.36. The Morgan fingerprint density at radius 1 is 1.35 bits per heavy atom. The van der Waals surface area contributed by atoms with E-state index in [0.717, 1.165) is 16.7 Å². The van der Waals surface area contributed by atoms with Gasteiger partial charge in [0.1, 0.15) is 12.3 Å². The summed E-state index contributed by atoms with van der Waals surface area (Å²) in [6.07, 6.45) is 1.53. The van der Waals surface area contributed by atoms with Gasteiger partial charge in [0.2, 0.25) is 0 Å². The number of ether oxygens (including phenoxy) is 2. The van der Waals surface area contributed by atoms with Crippen LogP contribution in [0, 0.1) is 3.57 Å². The van der Waals surface area contributed by atoms with E-state index in [4.69, 9.17) is 14.6 Å². The molecule has 1 saturated heterocycles. The standard InChI is InChI=1S/C16H14INO7S/c1-2-24-14(21)7-18-15(22)12(26-16(18)23)6-9-3-4-11(10(17)5-9)25-8-13(19)20/h3-6H,2,7-8H2,1H3,(H,19,20). The number of carboxylic acids is 1. The zero-order valence-electron chi connectivity index (χ0n) is 13.6. The number of amides is 2. The summed E-state index contributed by atoms with van der Waals surface area (Å²) in [7, 11) is 0. The maximum atomic E-state index is 12.3. The van der Waals surface area contributed by atoms with Crippen molar-refractivity contribution in [3.63, 3.8) is 0 Å². The SMILES string of the molecule is CCOC(=O)CN1C(=O)SC(=Cc2ccc(OCC(=O)O)c(I)c2)C1=O. The van der Waals surface area contributed by atoms with Crippen molar-refractivity contribution in [1.29, 1.82) is 0 Å². The number of benzene rings is 1. The molecular formula is C16H14INO7S. The van der Waals surface area contributed by atoms with E-state index < -0.39 is 36.2 Å². The van der Waals surface area contributed by atoms with Crippen LogP contribution in [-0.4, -0.2) is 52.8 Å². The van der Waals surface area contributed by atoms with Crippen molar-refractivity contribution in [2.45, 2.75) is 6.92 Å². The number of rotatable bonds is 7. The number of carbonyl (C=O) groups excluding carboxylic acids is 3. The highest BCUT2D eigenvalue weighted by molar-refractivity contribution is 14.1. The van der Waals surface area contributed by atoms with Gasteiger partial charge in [0.25, 0.3) is 11.1 Å². The minimum atomic E-state index is -1.08. The number of halogens is 1. The number of imide groups is 1. The smallest absolute Gasteiger partial charge is 0.341 e. The molecule has 0 spiro atoms. The lowest BCUT2D eigenvalue weighted by Crippen LogP contribution is -2.34. The number of hydrogen-bond donors (Lipinski definition) is 1. The summed E-state index contributed by atoms with van der Waals surface area (Å²) in [4.78, 5) is 47.3. The van der Waals surface area contributed by atoms with Gasteiger partial charge in [-0.25, -0.2) is 4.79 Å². The summed E-state index contributed by atoms with van der Waals surface area (Å²) in [5, 5.41) is 8.10. The quantitative estimate of drug-likeness (QED) is 0.352. The zero-order chi connectivity index (χ0) is 19.3. The number of carbonyl (C=O) groups is 4. The van der Waals surface area contributed by atoms with Gasteiger partial charge in [0.15, 0.2) is 6.61 Å². The third-order valence-corrected chi connectivity index (χ3v) is 4.82. The van der Waals surface area contributed by atoms with Gasteiger partial charge in [-0.1, -0.05) is 6.07 Å². The van der Waals surface area contributed by atoms with Gasteiger partial charge in [0.05, 0.1) is 15.1 Å². The molecule has 0 bridgehead atoms. The van der Waals surface area contributed by atoms with Crippen LogP contribution in [0.2, 0.25) is 0 Å². The average molecular weight is 491 g/mol. The van der Waals surface area contributed by atoms with E-state index in [9.17, 15) is 19.2 Å². The van der Waals surface area contributed by atoms with Gasteiger partial charge in [-0.2, -0.15) is 0 Å². The lowest BCUT2D eigenvalue weighted by Gasteiger charge is -2.10. The Bertz CT molecular complexity index is 793. The lowest BCUT2D eigenvalue weighted by atomic mass is 10.2. The summed E-state index contributed by atoms with van der Waals surface area (Å²) < 4.78 is 10.5. The first-order valence-electron chi connectivity index (χ1n) is 7.37. The van der Waals surface area contributed by atoms with Crippen molar-refractivity contribution in [2.24, 2.45) is 0 Å². The molecule has 1 fully saturated rings. The van der Waals surface area contributed by atoms with Gasteiger partial charge >= 0.3 is 11.9 Å². The number of thioether (sulfide) groups is 1. The molecule has 0 unspecified atom stereocenters. The second kappa shape index (κ2) is 9.03. The third-order valence-electron chi connectivity index (χ3n) is 3.07. The van der Waals surface area contributed by atoms with E-state index in [0.29, 0.717) is 14.9 Å². The fraction of sp³-hybridized carbons (Fsp3) is 0.250. The van der Waals surface area contributed by atoms with Gasteiger partial charge in [-0.15, -0.1) is 0 Å². The van der Waals surface area contributed by atoms with Crippen molar-refractivity contribution >= 4 is 63.5 Å². The fourth-order valence-corrected chi connectivity index (χ4v) is 3.52. The van der Waals surface area contributed by atoms with Crippen LogP contribution in [0.25, 0.3) is 6.08 Å². The van der Waals surface area contributed by atoms with Gasteiger partial charge in [-0.05, 0) is 65.0 Å². The molecule has 138 valence electrons. The fourth-order valence-electron chi connectivity index (χ4n) is 1.99. The highest BCUT2D eigenvalue weighted by Crippen LogP contribution is 2.33. The Labute approximate surface area is 166 Å². The maximum Gasteiger partial charge on any atom is 0.341 e.